The Morgan fingerprint density at radius 2 is 1.81 bits per heavy atom. The van der Waals surface area contributed by atoms with Crippen LogP contribution < -0.4 is 14.8 Å². The molecular formula is C19H24F3N3O2. The molecular weight excluding hydrogens is 359 g/mol. The molecule has 0 saturated carbocycles. The van der Waals surface area contributed by atoms with E-state index in [1.807, 2.05) is 0 Å². The molecule has 1 aromatic carbocycles. The predicted molar refractivity (Wildman–Crippen MR) is 97.5 cm³/mol. The highest BCUT2D eigenvalue weighted by Crippen LogP contribution is 2.35. The molecule has 0 bridgehead atoms. The van der Waals surface area contributed by atoms with E-state index in [4.69, 9.17) is 9.47 Å². The van der Waals surface area contributed by atoms with Crippen LogP contribution in [0.3, 0.4) is 0 Å². The second-order valence-corrected chi connectivity index (χ2v) is 6.28. The summed E-state index contributed by atoms with van der Waals surface area (Å²) < 4.78 is 50.0. The quantitative estimate of drug-likeness (QED) is 0.572. The molecule has 0 aliphatic heterocycles. The number of nitrogens with one attached hydrogen (secondary N) is 1. The Kier molecular flexibility index (Phi) is 7.27. The van der Waals surface area contributed by atoms with E-state index in [9.17, 15) is 13.2 Å². The highest BCUT2D eigenvalue weighted by molar-refractivity contribution is 5.55. The van der Waals surface area contributed by atoms with Crippen LogP contribution in [0.1, 0.15) is 45.6 Å². The first kappa shape index (κ1) is 20.8. The minimum absolute atomic E-state index is 0.0234. The van der Waals surface area contributed by atoms with E-state index in [0.717, 1.165) is 31.2 Å². The number of hydrogen-bond donors (Lipinski definition) is 1. The van der Waals surface area contributed by atoms with Crippen molar-refractivity contribution in [2.24, 2.45) is 0 Å². The van der Waals surface area contributed by atoms with Gasteiger partial charge in [-0.2, -0.15) is 18.2 Å². The molecule has 0 atom stereocenters. The van der Waals surface area contributed by atoms with Gasteiger partial charge in [0.1, 0.15) is 11.3 Å². The number of halogens is 3. The zero-order valence-electron chi connectivity index (χ0n) is 15.6. The van der Waals surface area contributed by atoms with E-state index < -0.39 is 23.7 Å². The summed E-state index contributed by atoms with van der Waals surface area (Å²) in [7, 11) is 0. The molecule has 0 amide bonds. The molecule has 0 aliphatic carbocycles. The SMILES string of the molecule is CCCCCOc1ccc(Nc2ncc(C(F)(F)F)c(OC(C)C)n2)cc1. The maximum atomic E-state index is 13.1. The fourth-order valence-corrected chi connectivity index (χ4v) is 2.24. The van der Waals surface area contributed by atoms with Gasteiger partial charge in [-0.25, -0.2) is 4.98 Å². The number of anilines is 2. The highest BCUT2D eigenvalue weighted by atomic mass is 19.4. The van der Waals surface area contributed by atoms with Crippen LogP contribution in [0.15, 0.2) is 30.5 Å². The van der Waals surface area contributed by atoms with E-state index in [2.05, 4.69) is 22.2 Å². The Labute approximate surface area is 156 Å². The van der Waals surface area contributed by atoms with Crippen molar-refractivity contribution < 1.29 is 22.6 Å². The van der Waals surface area contributed by atoms with Gasteiger partial charge in [0, 0.05) is 11.9 Å². The first-order valence-electron chi connectivity index (χ1n) is 8.90. The van der Waals surface area contributed by atoms with Crippen LogP contribution in [-0.4, -0.2) is 22.7 Å². The fraction of sp³-hybridized carbons (Fsp3) is 0.474. The van der Waals surface area contributed by atoms with Crippen LogP contribution in [0.2, 0.25) is 0 Å². The number of rotatable bonds is 9. The number of unbranched alkanes of at least 4 members (excludes halogenated alkanes) is 2. The Hall–Kier alpha value is -2.51. The monoisotopic (exact) mass is 383 g/mol. The normalized spacial score (nSPS) is 11.5. The van der Waals surface area contributed by atoms with Gasteiger partial charge in [0.05, 0.1) is 12.7 Å². The molecule has 8 heteroatoms. The Morgan fingerprint density at radius 1 is 1.11 bits per heavy atom. The third-order valence-electron chi connectivity index (χ3n) is 3.53. The van der Waals surface area contributed by atoms with Gasteiger partial charge in [-0.05, 0) is 44.5 Å². The maximum Gasteiger partial charge on any atom is 0.423 e. The molecule has 0 spiro atoms. The molecule has 1 aromatic heterocycles. The van der Waals surface area contributed by atoms with Crippen molar-refractivity contribution in [2.45, 2.75) is 52.3 Å². The second kappa shape index (κ2) is 9.43. The van der Waals surface area contributed by atoms with Gasteiger partial charge in [-0.15, -0.1) is 0 Å². The Bertz CT molecular complexity index is 719. The molecule has 0 unspecified atom stereocenters. The van der Waals surface area contributed by atoms with Crippen molar-refractivity contribution in [1.29, 1.82) is 0 Å². The predicted octanol–water partition coefficient (Wildman–Crippen LogP) is 5.60. The lowest BCUT2D eigenvalue weighted by Gasteiger charge is -2.16. The Balaban J connectivity index is 2.08. The van der Waals surface area contributed by atoms with Crippen molar-refractivity contribution in [2.75, 3.05) is 11.9 Å². The third-order valence-corrected chi connectivity index (χ3v) is 3.53. The first-order chi connectivity index (χ1) is 12.8. The zero-order valence-corrected chi connectivity index (χ0v) is 15.6. The van der Waals surface area contributed by atoms with Crippen LogP contribution in [0, 0.1) is 0 Å². The van der Waals surface area contributed by atoms with E-state index >= 15 is 0 Å². The summed E-state index contributed by atoms with van der Waals surface area (Å²) in [6.07, 6.45) is -1.07. The number of benzene rings is 1. The summed E-state index contributed by atoms with van der Waals surface area (Å²) in [5.41, 5.74) is -0.372. The van der Waals surface area contributed by atoms with Crippen molar-refractivity contribution in [3.63, 3.8) is 0 Å². The van der Waals surface area contributed by atoms with Crippen molar-refractivity contribution in [3.05, 3.63) is 36.0 Å². The molecule has 27 heavy (non-hydrogen) atoms. The van der Waals surface area contributed by atoms with Gasteiger partial charge >= 0.3 is 6.18 Å². The summed E-state index contributed by atoms with van der Waals surface area (Å²) in [5.74, 6) is 0.259. The summed E-state index contributed by atoms with van der Waals surface area (Å²) >= 11 is 0. The van der Waals surface area contributed by atoms with E-state index in [1.54, 1.807) is 38.1 Å². The molecule has 148 valence electrons. The lowest BCUT2D eigenvalue weighted by molar-refractivity contribution is -0.139. The smallest absolute Gasteiger partial charge is 0.423 e. The lowest BCUT2D eigenvalue weighted by atomic mass is 10.2. The molecule has 2 rings (SSSR count). The van der Waals surface area contributed by atoms with Gasteiger partial charge in [0.2, 0.25) is 11.8 Å². The second-order valence-electron chi connectivity index (χ2n) is 6.28. The topological polar surface area (TPSA) is 56.3 Å². The number of nitrogens with zero attached hydrogens (tertiary/aromatic N) is 2. The summed E-state index contributed by atoms with van der Waals surface area (Å²) in [5, 5.41) is 2.87. The third kappa shape index (κ3) is 6.62. The van der Waals surface area contributed by atoms with Crippen LogP contribution in [0.5, 0.6) is 11.6 Å². The molecule has 1 heterocycles. The number of ether oxygens (including phenoxy) is 2. The lowest BCUT2D eigenvalue weighted by Crippen LogP contribution is -2.15. The number of alkyl halides is 3. The molecule has 5 nitrogen and oxygen atoms in total. The summed E-state index contributed by atoms with van der Waals surface area (Å²) in [4.78, 5) is 7.62. The molecule has 0 aliphatic rings. The van der Waals surface area contributed by atoms with Crippen LogP contribution in [0.4, 0.5) is 24.8 Å². The van der Waals surface area contributed by atoms with Gasteiger partial charge in [-0.1, -0.05) is 19.8 Å². The number of hydrogen-bond acceptors (Lipinski definition) is 5. The van der Waals surface area contributed by atoms with Gasteiger partial charge in [0.15, 0.2) is 0 Å². The Morgan fingerprint density at radius 3 is 2.41 bits per heavy atom. The standard InChI is InChI=1S/C19H24F3N3O2/c1-4-5-6-11-26-15-9-7-14(8-10-15)24-18-23-12-16(19(20,21)22)17(25-18)27-13(2)3/h7-10,12-13H,4-6,11H2,1-3H3,(H,23,24,25). The fourth-order valence-electron chi connectivity index (χ4n) is 2.24. The van der Waals surface area contributed by atoms with Gasteiger partial charge < -0.3 is 14.8 Å². The van der Waals surface area contributed by atoms with Crippen LogP contribution >= 0.6 is 0 Å². The van der Waals surface area contributed by atoms with E-state index in [0.29, 0.717) is 12.3 Å². The maximum absolute atomic E-state index is 13.1. The van der Waals surface area contributed by atoms with Crippen molar-refractivity contribution in [1.82, 2.24) is 9.97 Å². The zero-order chi connectivity index (χ0) is 19.9. The van der Waals surface area contributed by atoms with Crippen molar-refractivity contribution in [3.8, 4) is 11.6 Å². The van der Waals surface area contributed by atoms with Crippen LogP contribution in [0.25, 0.3) is 0 Å². The first-order valence-corrected chi connectivity index (χ1v) is 8.90. The highest BCUT2D eigenvalue weighted by Gasteiger charge is 2.36. The summed E-state index contributed by atoms with van der Waals surface area (Å²) in [6.45, 7) is 6.04. The molecule has 0 fully saturated rings. The van der Waals surface area contributed by atoms with Crippen LogP contribution in [-0.2, 0) is 6.18 Å². The molecule has 2 aromatic rings. The largest absolute Gasteiger partial charge is 0.494 e. The molecule has 1 N–H and O–H groups in total. The summed E-state index contributed by atoms with van der Waals surface area (Å²) in [6, 6.07) is 7.06. The van der Waals surface area contributed by atoms with E-state index in [-0.39, 0.29) is 5.95 Å². The van der Waals surface area contributed by atoms with Crippen molar-refractivity contribution >= 4 is 11.6 Å². The van der Waals surface area contributed by atoms with E-state index in [1.165, 1.54) is 0 Å². The van der Waals surface area contributed by atoms with Gasteiger partial charge in [0.25, 0.3) is 0 Å². The molecule has 0 radical (unpaired) electrons. The minimum atomic E-state index is -4.58. The average Bonchev–Trinajstić information content (AvgIpc) is 2.59. The van der Waals surface area contributed by atoms with Gasteiger partial charge in [-0.3, -0.25) is 0 Å². The average molecular weight is 383 g/mol. The molecule has 0 saturated heterocycles. The number of aromatic nitrogens is 2. The minimum Gasteiger partial charge on any atom is -0.494 e.